The number of alkyl halides is 1. The fourth-order valence-electron chi connectivity index (χ4n) is 7.24. The summed E-state index contributed by atoms with van der Waals surface area (Å²) in [5, 5.41) is 36.3. The van der Waals surface area contributed by atoms with E-state index < -0.39 is 95.6 Å². The number of amides is 3. The number of nitrogens with two attached hydrogens (primary N) is 2. The molecule has 4 rings (SSSR count). The van der Waals surface area contributed by atoms with E-state index in [1.54, 1.807) is 44.2 Å². The number of rotatable bonds is 17. The third-order valence-electron chi connectivity index (χ3n) is 9.94. The summed E-state index contributed by atoms with van der Waals surface area (Å²) in [5.41, 5.74) is 11.2. The topological polar surface area (TPSA) is 286 Å². The van der Waals surface area contributed by atoms with Gasteiger partial charge < -0.3 is 51.8 Å². The summed E-state index contributed by atoms with van der Waals surface area (Å²) in [7, 11) is -5.18. The molecule has 0 bridgehead atoms. The molecule has 20 heteroatoms. The minimum absolute atomic E-state index is 0.0427. The van der Waals surface area contributed by atoms with Crippen LogP contribution < -0.4 is 22.1 Å². The first-order valence-electron chi connectivity index (χ1n) is 18.1. The zero-order chi connectivity index (χ0) is 39.7. The van der Waals surface area contributed by atoms with Gasteiger partial charge in [-0.1, -0.05) is 44.2 Å². The molecule has 2 heterocycles. The highest BCUT2D eigenvalue weighted by molar-refractivity contribution is 7.80. The number of aliphatic hydroxyl groups is 3. The van der Waals surface area contributed by atoms with E-state index in [9.17, 15) is 37.9 Å². The molecule has 3 fully saturated rings. The highest BCUT2D eigenvalue weighted by Crippen LogP contribution is 2.42. The lowest BCUT2D eigenvalue weighted by Crippen LogP contribution is -2.64. The van der Waals surface area contributed by atoms with Gasteiger partial charge >= 0.3 is 10.4 Å². The minimum atomic E-state index is -5.18. The Morgan fingerprint density at radius 1 is 1.07 bits per heavy atom. The van der Waals surface area contributed by atoms with Crippen LogP contribution in [0.3, 0.4) is 0 Å². The van der Waals surface area contributed by atoms with Gasteiger partial charge in [0.2, 0.25) is 11.8 Å². The van der Waals surface area contributed by atoms with Crippen molar-refractivity contribution in [1.29, 1.82) is 0 Å². The number of hydrogen-bond donors (Lipinski definition) is 8. The summed E-state index contributed by atoms with van der Waals surface area (Å²) in [4.78, 5) is 48.3. The fourth-order valence-corrected chi connectivity index (χ4v) is 8.00. The third kappa shape index (κ3) is 11.9. The fraction of sp³-hybridized carbons (Fsp3) is 0.706. The first kappa shape index (κ1) is 43.6. The predicted octanol–water partition coefficient (Wildman–Crippen LogP) is -1.07. The standard InChI is InChI=1S/C34H53ClN6O12S/c1-18(2)29(52-33-28(44)27(43)24(42)17-51-33)26(40-31(46)25(53-54(48,49)50)14-19-8-4-3-5-9-19)32(47)41-22-16-21(35)11-10-20(22)15-23(41)30(45)38-12-6-7-13-39-34(36)37/h3-5,8-9,18,20-29,33,42-44H,6-7,10-17H2,1-2H3,(H,38,45)(H,40,46)(H4,36,37,39)(H,48,49,50)/t20?,21?,22?,23?,24?,25-,26+,27?,28?,29-,33?/m1/s1. The molecule has 2 saturated heterocycles. The Hall–Kier alpha value is -3.14. The maximum Gasteiger partial charge on any atom is 0.398 e. The number of unbranched alkanes of at least 4 members (excludes halogenated alkanes) is 1. The number of benzene rings is 1. The Labute approximate surface area is 319 Å². The van der Waals surface area contributed by atoms with Gasteiger partial charge in [0.05, 0.1) is 12.7 Å². The van der Waals surface area contributed by atoms with E-state index in [1.807, 2.05) is 0 Å². The highest BCUT2D eigenvalue weighted by atomic mass is 35.5. The lowest BCUT2D eigenvalue weighted by molar-refractivity contribution is -0.288. The number of carbonyl (C=O) groups excluding carboxylic acids is 3. The first-order valence-corrected chi connectivity index (χ1v) is 19.9. The number of aliphatic hydroxyl groups excluding tert-OH is 3. The number of hydrogen-bond acceptors (Lipinski definition) is 12. The third-order valence-corrected chi connectivity index (χ3v) is 10.8. The molecule has 0 radical (unpaired) electrons. The van der Waals surface area contributed by atoms with Gasteiger partial charge in [-0.15, -0.1) is 11.6 Å². The Morgan fingerprint density at radius 3 is 2.43 bits per heavy atom. The molecule has 54 heavy (non-hydrogen) atoms. The zero-order valence-corrected chi connectivity index (χ0v) is 31.8. The second-order valence-corrected chi connectivity index (χ2v) is 16.0. The quantitative estimate of drug-likeness (QED) is 0.0306. The van der Waals surface area contributed by atoms with Gasteiger partial charge in [-0.3, -0.25) is 23.9 Å². The van der Waals surface area contributed by atoms with Gasteiger partial charge in [0.1, 0.15) is 30.4 Å². The Kier molecular flexibility index (Phi) is 15.8. The molecule has 1 aromatic rings. The average molecular weight is 805 g/mol. The van der Waals surface area contributed by atoms with E-state index in [2.05, 4.69) is 15.6 Å². The SMILES string of the molecule is CC(C)[C@@H](OC1OCC(O)C(O)C1O)[C@H](NC(=O)[C@@H](Cc1ccccc1)OS(=O)(=O)O)C(=O)N1C(C(=O)NCCCCN=C(N)N)CC2CCC(Cl)CC21. The summed E-state index contributed by atoms with van der Waals surface area (Å²) in [5.74, 6) is -3.08. The molecule has 18 nitrogen and oxygen atoms in total. The van der Waals surface area contributed by atoms with Crippen LogP contribution in [0.5, 0.6) is 0 Å². The first-order chi connectivity index (χ1) is 25.5. The van der Waals surface area contributed by atoms with E-state index in [-0.39, 0.29) is 30.2 Å². The van der Waals surface area contributed by atoms with Crippen LogP contribution in [0, 0.1) is 11.8 Å². The molecular weight excluding hydrogens is 752 g/mol. The normalized spacial score (nSPS) is 28.8. The summed E-state index contributed by atoms with van der Waals surface area (Å²) < 4.78 is 49.9. The van der Waals surface area contributed by atoms with Crippen molar-refractivity contribution in [3.63, 3.8) is 0 Å². The van der Waals surface area contributed by atoms with Crippen molar-refractivity contribution in [2.75, 3.05) is 19.7 Å². The number of carbonyl (C=O) groups is 3. The number of aliphatic imine (C=N–C) groups is 1. The van der Waals surface area contributed by atoms with E-state index >= 15 is 4.79 Å². The molecule has 0 aromatic heterocycles. The van der Waals surface area contributed by atoms with Crippen LogP contribution in [0.4, 0.5) is 0 Å². The summed E-state index contributed by atoms with van der Waals surface area (Å²) in [6.45, 7) is 3.53. The maximum atomic E-state index is 15.1. The average Bonchev–Trinajstić information content (AvgIpc) is 3.48. The van der Waals surface area contributed by atoms with Crippen molar-refractivity contribution >= 4 is 45.7 Å². The van der Waals surface area contributed by atoms with E-state index in [1.165, 1.54) is 4.90 Å². The molecule has 1 aromatic carbocycles. The van der Waals surface area contributed by atoms with Crippen molar-refractivity contribution in [2.24, 2.45) is 28.3 Å². The lowest BCUT2D eigenvalue weighted by atomic mass is 9.84. The van der Waals surface area contributed by atoms with Crippen molar-refractivity contribution < 1.29 is 56.3 Å². The minimum Gasteiger partial charge on any atom is -0.388 e. The van der Waals surface area contributed by atoms with E-state index in [0.29, 0.717) is 50.6 Å². The molecular formula is C34H53ClN6O12S. The second kappa shape index (κ2) is 19.6. The molecule has 11 atom stereocenters. The van der Waals surface area contributed by atoms with Crippen LogP contribution in [0.2, 0.25) is 0 Å². The number of nitrogens with zero attached hydrogens (tertiary/aromatic N) is 2. The van der Waals surface area contributed by atoms with Crippen molar-refractivity contribution in [1.82, 2.24) is 15.5 Å². The molecule has 1 aliphatic carbocycles. The number of guanidine groups is 1. The van der Waals surface area contributed by atoms with Crippen molar-refractivity contribution in [2.45, 2.75) is 119 Å². The maximum absolute atomic E-state index is 15.1. The van der Waals surface area contributed by atoms with Gasteiger partial charge in [0.25, 0.3) is 5.91 Å². The molecule has 10 N–H and O–H groups in total. The van der Waals surface area contributed by atoms with Crippen LogP contribution in [0.1, 0.15) is 57.9 Å². The number of halogens is 1. The largest absolute Gasteiger partial charge is 0.398 e. The van der Waals surface area contributed by atoms with Gasteiger partial charge in [-0.25, -0.2) is 4.18 Å². The van der Waals surface area contributed by atoms with Crippen LogP contribution in [-0.4, -0.2) is 137 Å². The molecule has 8 unspecified atom stereocenters. The smallest absolute Gasteiger partial charge is 0.388 e. The van der Waals surface area contributed by atoms with Crippen LogP contribution in [0.15, 0.2) is 35.3 Å². The van der Waals surface area contributed by atoms with Crippen molar-refractivity contribution in [3.05, 3.63) is 35.9 Å². The summed E-state index contributed by atoms with van der Waals surface area (Å²) >= 11 is 6.62. The predicted molar refractivity (Wildman–Crippen MR) is 195 cm³/mol. The molecule has 304 valence electrons. The Balaban J connectivity index is 1.70. The zero-order valence-electron chi connectivity index (χ0n) is 30.3. The van der Waals surface area contributed by atoms with Gasteiger partial charge in [0.15, 0.2) is 18.4 Å². The molecule has 3 amide bonds. The Bertz CT molecular complexity index is 1550. The Morgan fingerprint density at radius 2 is 1.78 bits per heavy atom. The number of fused-ring (bicyclic) bond motifs is 1. The van der Waals surface area contributed by atoms with E-state index in [0.717, 1.165) is 0 Å². The van der Waals surface area contributed by atoms with Crippen LogP contribution in [0.25, 0.3) is 0 Å². The van der Waals surface area contributed by atoms with E-state index in [4.69, 9.17) is 36.7 Å². The van der Waals surface area contributed by atoms with Gasteiger partial charge in [-0.2, -0.15) is 8.42 Å². The molecule has 1 saturated carbocycles. The molecule has 3 aliphatic rings. The number of ether oxygens (including phenoxy) is 2. The number of likely N-dealkylation sites (tertiary alicyclic amines) is 1. The van der Waals surface area contributed by atoms with Gasteiger partial charge in [-0.05, 0) is 55.9 Å². The van der Waals surface area contributed by atoms with Crippen molar-refractivity contribution in [3.8, 4) is 0 Å². The van der Waals surface area contributed by atoms with Crippen LogP contribution >= 0.6 is 11.6 Å². The number of nitrogens with one attached hydrogen (secondary N) is 2. The highest BCUT2D eigenvalue weighted by Gasteiger charge is 2.52. The lowest BCUT2D eigenvalue weighted by Gasteiger charge is -2.42. The molecule has 2 aliphatic heterocycles. The summed E-state index contributed by atoms with van der Waals surface area (Å²) in [6.07, 6.45) is -6.83. The summed E-state index contributed by atoms with van der Waals surface area (Å²) in [6, 6.07) is 5.07. The monoisotopic (exact) mass is 804 g/mol. The van der Waals surface area contributed by atoms with Crippen LogP contribution in [-0.2, 0) is 44.9 Å². The van der Waals surface area contributed by atoms with Gasteiger partial charge in [0, 0.05) is 30.9 Å². The molecule has 0 spiro atoms. The second-order valence-electron chi connectivity index (χ2n) is 14.3.